The van der Waals surface area contributed by atoms with Gasteiger partial charge in [0.25, 0.3) is 0 Å². The Balaban J connectivity index is 1.89. The lowest BCUT2D eigenvalue weighted by Crippen LogP contribution is -2.35. The van der Waals surface area contributed by atoms with E-state index in [1.165, 1.54) is 11.3 Å². The molecule has 0 bridgehead atoms. The summed E-state index contributed by atoms with van der Waals surface area (Å²) in [4.78, 5) is 17.4. The molecule has 1 aromatic carbocycles. The highest BCUT2D eigenvalue weighted by Gasteiger charge is 2.36. The smallest absolute Gasteiger partial charge is 0.162 e. The number of para-hydroxylation sites is 1. The molecule has 0 N–H and O–H groups in total. The molecule has 1 atom stereocenters. The number of pyridine rings is 1. The zero-order valence-electron chi connectivity index (χ0n) is 13.1. The number of fused-ring (bicyclic) bond motifs is 1. The largest absolute Gasteiger partial charge is 0.316 e. The Bertz CT molecular complexity index is 834. The van der Waals surface area contributed by atoms with Crippen LogP contribution in [0.4, 0.5) is 22.9 Å². The molecule has 4 rings (SSSR count). The van der Waals surface area contributed by atoms with Gasteiger partial charge in [-0.3, -0.25) is 4.98 Å². The molecule has 0 spiro atoms. The van der Waals surface area contributed by atoms with Gasteiger partial charge in [0, 0.05) is 23.8 Å². The van der Waals surface area contributed by atoms with E-state index in [0.717, 1.165) is 17.2 Å². The van der Waals surface area contributed by atoms with Crippen molar-refractivity contribution in [2.24, 2.45) is 0 Å². The predicted molar refractivity (Wildman–Crippen MR) is 91.2 cm³/mol. The second-order valence-corrected chi connectivity index (χ2v) is 5.60. The van der Waals surface area contributed by atoms with Gasteiger partial charge in [0.2, 0.25) is 0 Å². The summed E-state index contributed by atoms with van der Waals surface area (Å²) in [5.74, 6) is 0.918. The standard InChI is InChI=1S/C18H17N5/c1-13-5-3-4-6-16(13)23-14(2)22(15-7-9-19-10-8-15)18-17(23)11-20-12-21-18/h3-12,14H,1-2H3. The summed E-state index contributed by atoms with van der Waals surface area (Å²) in [5.41, 5.74) is 4.49. The van der Waals surface area contributed by atoms with Crippen molar-refractivity contribution in [1.29, 1.82) is 0 Å². The molecule has 1 aliphatic rings. The number of aryl methyl sites for hydroxylation is 1. The lowest BCUT2D eigenvalue weighted by Gasteiger charge is -2.30. The molecule has 23 heavy (non-hydrogen) atoms. The van der Waals surface area contributed by atoms with Crippen LogP contribution in [-0.4, -0.2) is 21.1 Å². The average Bonchev–Trinajstić information content (AvgIpc) is 2.88. The lowest BCUT2D eigenvalue weighted by molar-refractivity contribution is 0.755. The summed E-state index contributed by atoms with van der Waals surface area (Å²) in [7, 11) is 0. The van der Waals surface area contributed by atoms with Crippen molar-refractivity contribution in [3.05, 3.63) is 66.9 Å². The van der Waals surface area contributed by atoms with Crippen LogP contribution >= 0.6 is 0 Å². The van der Waals surface area contributed by atoms with Gasteiger partial charge in [-0.2, -0.15) is 0 Å². The molecule has 3 aromatic rings. The molecule has 114 valence electrons. The third kappa shape index (κ3) is 2.12. The number of aromatic nitrogens is 3. The molecule has 0 aliphatic carbocycles. The number of benzene rings is 1. The third-order valence-corrected chi connectivity index (χ3v) is 4.22. The summed E-state index contributed by atoms with van der Waals surface area (Å²) >= 11 is 0. The second-order valence-electron chi connectivity index (χ2n) is 5.60. The van der Waals surface area contributed by atoms with E-state index in [-0.39, 0.29) is 6.17 Å². The third-order valence-electron chi connectivity index (χ3n) is 4.22. The van der Waals surface area contributed by atoms with Crippen molar-refractivity contribution >= 4 is 22.9 Å². The maximum atomic E-state index is 4.53. The molecule has 0 fully saturated rings. The van der Waals surface area contributed by atoms with Crippen molar-refractivity contribution in [2.45, 2.75) is 20.0 Å². The first-order valence-corrected chi connectivity index (χ1v) is 7.61. The van der Waals surface area contributed by atoms with E-state index < -0.39 is 0 Å². The fourth-order valence-electron chi connectivity index (χ4n) is 3.17. The molecule has 1 unspecified atom stereocenters. The Morgan fingerprint density at radius 3 is 2.48 bits per heavy atom. The van der Waals surface area contributed by atoms with Crippen LogP contribution in [-0.2, 0) is 0 Å². The molecule has 0 amide bonds. The minimum absolute atomic E-state index is 0.102. The first-order chi connectivity index (χ1) is 11.3. The lowest BCUT2D eigenvalue weighted by atomic mass is 10.1. The summed E-state index contributed by atoms with van der Waals surface area (Å²) in [6.07, 6.45) is 7.19. The van der Waals surface area contributed by atoms with Gasteiger partial charge in [-0.1, -0.05) is 18.2 Å². The van der Waals surface area contributed by atoms with Crippen LogP contribution < -0.4 is 9.80 Å². The van der Waals surface area contributed by atoms with Gasteiger partial charge in [0.05, 0.1) is 6.20 Å². The molecule has 2 aromatic heterocycles. The molecule has 0 saturated heterocycles. The van der Waals surface area contributed by atoms with Gasteiger partial charge in [0.15, 0.2) is 5.82 Å². The van der Waals surface area contributed by atoms with Crippen LogP contribution in [0.3, 0.4) is 0 Å². The van der Waals surface area contributed by atoms with Crippen molar-refractivity contribution in [3.8, 4) is 0 Å². The highest BCUT2D eigenvalue weighted by Crippen LogP contribution is 2.46. The minimum atomic E-state index is 0.102. The Kier molecular flexibility index (Phi) is 3.19. The van der Waals surface area contributed by atoms with Crippen molar-refractivity contribution in [1.82, 2.24) is 15.0 Å². The minimum Gasteiger partial charge on any atom is -0.316 e. The number of anilines is 4. The molecular weight excluding hydrogens is 286 g/mol. The Labute approximate surface area is 135 Å². The highest BCUT2D eigenvalue weighted by atomic mass is 15.4. The monoisotopic (exact) mass is 303 g/mol. The van der Waals surface area contributed by atoms with Crippen molar-refractivity contribution in [2.75, 3.05) is 9.80 Å². The van der Waals surface area contributed by atoms with E-state index in [1.807, 2.05) is 18.3 Å². The quantitative estimate of drug-likeness (QED) is 0.720. The fraction of sp³-hybridized carbons (Fsp3) is 0.167. The van der Waals surface area contributed by atoms with Crippen molar-refractivity contribution < 1.29 is 0 Å². The molecular formula is C18H17N5. The number of hydrogen-bond acceptors (Lipinski definition) is 5. The van der Waals surface area contributed by atoms with Crippen LogP contribution in [0.15, 0.2) is 61.3 Å². The SMILES string of the molecule is Cc1ccccc1N1c2cncnc2N(c2ccncc2)C1C. The molecule has 5 nitrogen and oxygen atoms in total. The highest BCUT2D eigenvalue weighted by molar-refractivity contribution is 5.85. The van der Waals surface area contributed by atoms with Crippen molar-refractivity contribution in [3.63, 3.8) is 0 Å². The van der Waals surface area contributed by atoms with Crippen LogP contribution in [0.1, 0.15) is 12.5 Å². The predicted octanol–water partition coefficient (Wildman–Crippen LogP) is 3.82. The van der Waals surface area contributed by atoms with E-state index in [9.17, 15) is 0 Å². The summed E-state index contributed by atoms with van der Waals surface area (Å²) in [5, 5.41) is 0. The van der Waals surface area contributed by atoms with Crippen LogP contribution in [0, 0.1) is 6.92 Å². The maximum absolute atomic E-state index is 4.53. The van der Waals surface area contributed by atoms with E-state index in [4.69, 9.17) is 0 Å². The van der Waals surface area contributed by atoms with Gasteiger partial charge < -0.3 is 9.80 Å². The summed E-state index contributed by atoms with van der Waals surface area (Å²) < 4.78 is 0. The average molecular weight is 303 g/mol. The Hall–Kier alpha value is -2.95. The van der Waals surface area contributed by atoms with Gasteiger partial charge >= 0.3 is 0 Å². The van der Waals surface area contributed by atoms with E-state index in [0.29, 0.717) is 0 Å². The molecule has 0 radical (unpaired) electrons. The molecule has 1 aliphatic heterocycles. The maximum Gasteiger partial charge on any atom is 0.162 e. The summed E-state index contributed by atoms with van der Waals surface area (Å²) in [6, 6.07) is 12.4. The van der Waals surface area contributed by atoms with Gasteiger partial charge in [-0.25, -0.2) is 9.97 Å². The fourth-order valence-corrected chi connectivity index (χ4v) is 3.17. The molecule has 3 heterocycles. The zero-order valence-corrected chi connectivity index (χ0v) is 13.1. The first kappa shape index (κ1) is 13.7. The molecule has 0 saturated carbocycles. The Morgan fingerprint density at radius 1 is 0.913 bits per heavy atom. The summed E-state index contributed by atoms with van der Waals surface area (Å²) in [6.45, 7) is 4.30. The first-order valence-electron chi connectivity index (χ1n) is 7.61. The number of rotatable bonds is 2. The topological polar surface area (TPSA) is 45.2 Å². The van der Waals surface area contributed by atoms with Gasteiger partial charge in [-0.05, 0) is 37.6 Å². The Morgan fingerprint density at radius 2 is 1.70 bits per heavy atom. The van der Waals surface area contributed by atoms with Crippen LogP contribution in [0.2, 0.25) is 0 Å². The van der Waals surface area contributed by atoms with E-state index in [2.05, 4.69) is 62.9 Å². The van der Waals surface area contributed by atoms with E-state index >= 15 is 0 Å². The van der Waals surface area contributed by atoms with Crippen LogP contribution in [0.5, 0.6) is 0 Å². The van der Waals surface area contributed by atoms with E-state index in [1.54, 1.807) is 18.7 Å². The zero-order chi connectivity index (χ0) is 15.8. The number of hydrogen-bond donors (Lipinski definition) is 0. The van der Waals surface area contributed by atoms with Gasteiger partial charge in [-0.15, -0.1) is 0 Å². The molecule has 5 heteroatoms. The number of nitrogens with zero attached hydrogens (tertiary/aromatic N) is 5. The van der Waals surface area contributed by atoms with Crippen LogP contribution in [0.25, 0.3) is 0 Å². The second kappa shape index (κ2) is 5.35. The normalized spacial score (nSPS) is 16.5. The van der Waals surface area contributed by atoms with Gasteiger partial charge in [0.1, 0.15) is 18.2 Å².